The minimum Gasteiger partial charge on any atom is -0.370 e. The number of aliphatic imine (C=N–C) groups is 1. The van der Waals surface area contributed by atoms with E-state index in [1.165, 1.54) is 24.0 Å². The Morgan fingerprint density at radius 2 is 1.85 bits per heavy atom. The van der Waals surface area contributed by atoms with Crippen LogP contribution in [0.5, 0.6) is 0 Å². The number of rotatable bonds is 4. The van der Waals surface area contributed by atoms with E-state index >= 15 is 0 Å². The Kier molecular flexibility index (Phi) is 5.10. The number of carbonyl (C=O) groups excluding carboxylic acids is 1. The Labute approximate surface area is 160 Å². The fraction of sp³-hybridized carbons (Fsp3) is 0.364. The maximum atomic E-state index is 11.8. The quantitative estimate of drug-likeness (QED) is 0.645. The van der Waals surface area contributed by atoms with E-state index in [2.05, 4.69) is 28.5 Å². The van der Waals surface area contributed by atoms with Crippen LogP contribution in [-0.2, 0) is 24.2 Å². The normalized spacial score (nSPS) is 17.1. The predicted molar refractivity (Wildman–Crippen MR) is 110 cm³/mol. The van der Waals surface area contributed by atoms with Crippen LogP contribution in [0.4, 0.5) is 11.4 Å². The summed E-state index contributed by atoms with van der Waals surface area (Å²) < 4.78 is 0. The zero-order valence-corrected chi connectivity index (χ0v) is 15.6. The average molecular weight is 362 g/mol. The number of guanidine groups is 1. The number of amides is 1. The van der Waals surface area contributed by atoms with Gasteiger partial charge >= 0.3 is 0 Å². The number of hydrogen-bond donors (Lipinski definition) is 2. The number of nitrogens with zero attached hydrogens (tertiary/aromatic N) is 2. The number of benzene rings is 2. The van der Waals surface area contributed by atoms with Crippen LogP contribution in [0.3, 0.4) is 0 Å². The van der Waals surface area contributed by atoms with Crippen LogP contribution in [0.15, 0.2) is 47.5 Å². The first kappa shape index (κ1) is 17.6. The number of nitrogens with one attached hydrogen (secondary N) is 1. The second-order valence-electron chi connectivity index (χ2n) is 7.29. The Morgan fingerprint density at radius 3 is 2.63 bits per heavy atom. The van der Waals surface area contributed by atoms with Crippen LogP contribution in [0, 0.1) is 0 Å². The molecule has 5 heteroatoms. The fourth-order valence-corrected chi connectivity index (χ4v) is 3.95. The van der Waals surface area contributed by atoms with E-state index in [0.717, 1.165) is 42.7 Å². The van der Waals surface area contributed by atoms with Gasteiger partial charge in [-0.1, -0.05) is 24.3 Å². The van der Waals surface area contributed by atoms with Crippen molar-refractivity contribution in [3.05, 3.63) is 59.2 Å². The van der Waals surface area contributed by atoms with Gasteiger partial charge in [0.1, 0.15) is 0 Å². The predicted octanol–water partition coefficient (Wildman–Crippen LogP) is 3.62. The minimum absolute atomic E-state index is 0.209. The van der Waals surface area contributed by atoms with Crippen molar-refractivity contribution in [3.63, 3.8) is 0 Å². The summed E-state index contributed by atoms with van der Waals surface area (Å²) in [5.74, 6) is 0.646. The largest absolute Gasteiger partial charge is 0.370 e. The topological polar surface area (TPSA) is 70.7 Å². The van der Waals surface area contributed by atoms with Crippen LogP contribution < -0.4 is 16.0 Å². The van der Waals surface area contributed by atoms with Gasteiger partial charge in [-0.2, -0.15) is 0 Å². The summed E-state index contributed by atoms with van der Waals surface area (Å²) in [5.41, 5.74) is 12.0. The summed E-state index contributed by atoms with van der Waals surface area (Å²) >= 11 is 0. The zero-order chi connectivity index (χ0) is 18.6. The minimum atomic E-state index is 0.209. The molecule has 0 saturated carbocycles. The van der Waals surface area contributed by atoms with Crippen molar-refractivity contribution in [1.29, 1.82) is 0 Å². The molecule has 27 heavy (non-hydrogen) atoms. The van der Waals surface area contributed by atoms with Crippen molar-refractivity contribution in [2.24, 2.45) is 10.7 Å². The van der Waals surface area contributed by atoms with Crippen LogP contribution >= 0.6 is 0 Å². The maximum absolute atomic E-state index is 11.8. The molecule has 0 atom stereocenters. The lowest BCUT2D eigenvalue weighted by molar-refractivity contribution is -0.117. The number of carbonyl (C=O) groups is 1. The number of hydrogen-bond acceptors (Lipinski definition) is 2. The number of anilines is 2. The van der Waals surface area contributed by atoms with E-state index in [1.807, 2.05) is 29.2 Å². The standard InChI is InChI=1S/C22H26N4O/c23-22(25-20-8-3-6-17-5-1-2-7-19(17)20)24-15-16-10-12-18(13-11-16)26-14-4-9-21(26)27/h3,6,8,10-13H,1-2,4-5,7,9,14-15H2,(H3,23,24,25). The van der Waals surface area contributed by atoms with Crippen molar-refractivity contribution in [2.45, 2.75) is 45.1 Å². The van der Waals surface area contributed by atoms with Crippen LogP contribution in [0.2, 0.25) is 0 Å². The highest BCUT2D eigenvalue weighted by Crippen LogP contribution is 2.27. The van der Waals surface area contributed by atoms with E-state index in [9.17, 15) is 4.79 Å². The van der Waals surface area contributed by atoms with Gasteiger partial charge in [0.15, 0.2) is 5.96 Å². The zero-order valence-electron chi connectivity index (χ0n) is 15.6. The third kappa shape index (κ3) is 3.97. The molecule has 0 bridgehead atoms. The van der Waals surface area contributed by atoms with Gasteiger partial charge in [0.25, 0.3) is 0 Å². The van der Waals surface area contributed by atoms with Crippen molar-refractivity contribution < 1.29 is 4.79 Å². The molecule has 140 valence electrons. The number of fused-ring (bicyclic) bond motifs is 1. The lowest BCUT2D eigenvalue weighted by atomic mass is 9.90. The molecular weight excluding hydrogens is 336 g/mol. The molecule has 1 fully saturated rings. The summed E-state index contributed by atoms with van der Waals surface area (Å²) in [7, 11) is 0. The van der Waals surface area contributed by atoms with Gasteiger partial charge in [0, 0.05) is 24.3 Å². The molecule has 4 rings (SSSR count). The molecular formula is C22H26N4O. The summed E-state index contributed by atoms with van der Waals surface area (Å²) in [6.45, 7) is 1.33. The van der Waals surface area contributed by atoms with E-state index in [0.29, 0.717) is 18.9 Å². The monoisotopic (exact) mass is 362 g/mol. The van der Waals surface area contributed by atoms with Crippen molar-refractivity contribution >= 4 is 23.2 Å². The van der Waals surface area contributed by atoms with E-state index in [4.69, 9.17) is 5.73 Å². The first-order valence-electron chi connectivity index (χ1n) is 9.78. The summed E-state index contributed by atoms with van der Waals surface area (Å²) in [5, 5.41) is 3.28. The molecule has 1 amide bonds. The van der Waals surface area contributed by atoms with E-state index < -0.39 is 0 Å². The highest BCUT2D eigenvalue weighted by molar-refractivity contribution is 5.95. The number of aryl methyl sites for hydroxylation is 1. The van der Waals surface area contributed by atoms with Crippen LogP contribution in [-0.4, -0.2) is 18.4 Å². The smallest absolute Gasteiger partial charge is 0.227 e. The number of nitrogens with two attached hydrogens (primary N) is 1. The van der Waals surface area contributed by atoms with Crippen molar-refractivity contribution in [1.82, 2.24) is 0 Å². The van der Waals surface area contributed by atoms with Gasteiger partial charge in [-0.05, 0) is 67.0 Å². The average Bonchev–Trinajstić information content (AvgIpc) is 3.13. The highest BCUT2D eigenvalue weighted by Gasteiger charge is 2.21. The summed E-state index contributed by atoms with van der Waals surface area (Å²) in [6.07, 6.45) is 6.33. The second kappa shape index (κ2) is 7.82. The maximum Gasteiger partial charge on any atom is 0.227 e. The van der Waals surface area contributed by atoms with E-state index in [-0.39, 0.29) is 5.91 Å². The SMILES string of the molecule is NC(=NCc1ccc(N2CCCC2=O)cc1)Nc1cccc2c1CCCC2. The molecule has 1 aliphatic heterocycles. The molecule has 0 spiro atoms. The molecule has 3 N–H and O–H groups in total. The lowest BCUT2D eigenvalue weighted by Crippen LogP contribution is -2.24. The van der Waals surface area contributed by atoms with Crippen LogP contribution in [0.25, 0.3) is 0 Å². The first-order valence-corrected chi connectivity index (χ1v) is 9.78. The van der Waals surface area contributed by atoms with Gasteiger partial charge in [0.05, 0.1) is 6.54 Å². The van der Waals surface area contributed by atoms with Gasteiger partial charge in [0.2, 0.25) is 5.91 Å². The fourth-order valence-electron chi connectivity index (χ4n) is 3.95. The van der Waals surface area contributed by atoms with Crippen molar-refractivity contribution in [2.75, 3.05) is 16.8 Å². The molecule has 0 radical (unpaired) electrons. The highest BCUT2D eigenvalue weighted by atomic mass is 16.2. The molecule has 1 aliphatic carbocycles. The van der Waals surface area contributed by atoms with Gasteiger partial charge in [-0.15, -0.1) is 0 Å². The summed E-state index contributed by atoms with van der Waals surface area (Å²) in [6, 6.07) is 14.4. The van der Waals surface area contributed by atoms with Crippen LogP contribution in [0.1, 0.15) is 42.4 Å². The first-order chi connectivity index (χ1) is 13.2. The van der Waals surface area contributed by atoms with E-state index in [1.54, 1.807) is 0 Å². The Hall–Kier alpha value is -2.82. The Bertz CT molecular complexity index is 857. The molecule has 1 heterocycles. The molecule has 5 nitrogen and oxygen atoms in total. The third-order valence-electron chi connectivity index (χ3n) is 5.41. The third-order valence-corrected chi connectivity index (χ3v) is 5.41. The Morgan fingerprint density at radius 1 is 1.04 bits per heavy atom. The molecule has 2 aliphatic rings. The second-order valence-corrected chi connectivity index (χ2v) is 7.29. The molecule has 1 saturated heterocycles. The summed E-state index contributed by atoms with van der Waals surface area (Å²) in [4.78, 5) is 18.2. The lowest BCUT2D eigenvalue weighted by Gasteiger charge is -2.19. The van der Waals surface area contributed by atoms with Gasteiger partial charge in [-0.3, -0.25) is 4.79 Å². The Balaban J connectivity index is 1.40. The molecule has 2 aromatic carbocycles. The van der Waals surface area contributed by atoms with Gasteiger partial charge in [-0.25, -0.2) is 4.99 Å². The van der Waals surface area contributed by atoms with Gasteiger partial charge < -0.3 is 16.0 Å². The molecule has 0 unspecified atom stereocenters. The molecule has 2 aromatic rings. The molecule has 0 aromatic heterocycles. The van der Waals surface area contributed by atoms with Crippen molar-refractivity contribution in [3.8, 4) is 0 Å².